The van der Waals surface area contributed by atoms with Crippen LogP contribution in [0.3, 0.4) is 0 Å². The second-order valence-electron chi connectivity index (χ2n) is 11.0. The van der Waals surface area contributed by atoms with Gasteiger partial charge in [0.05, 0.1) is 24.6 Å². The van der Waals surface area contributed by atoms with E-state index in [9.17, 15) is 9.59 Å². The van der Waals surface area contributed by atoms with E-state index in [0.717, 1.165) is 56.0 Å². The number of hydrogen-bond acceptors (Lipinski definition) is 9. The third-order valence-corrected chi connectivity index (χ3v) is 7.63. The average molecular weight is 587 g/mol. The van der Waals surface area contributed by atoms with Gasteiger partial charge in [-0.2, -0.15) is 0 Å². The Kier molecular flexibility index (Phi) is 10.9. The maximum atomic E-state index is 13.4. The van der Waals surface area contributed by atoms with Gasteiger partial charge in [0.25, 0.3) is 0 Å². The van der Waals surface area contributed by atoms with Crippen LogP contribution >= 0.6 is 0 Å². The molecule has 0 saturated carbocycles. The fourth-order valence-electron chi connectivity index (χ4n) is 5.13. The minimum absolute atomic E-state index is 0.174. The highest BCUT2D eigenvalue weighted by molar-refractivity contribution is 6.07. The number of methoxy groups -OCH3 is 2. The summed E-state index contributed by atoms with van der Waals surface area (Å²) in [5, 5.41) is 2.92. The standard InChI is InChI=1S/C33H42N6O4/c1-7-32(40)36-28-19-24(30(43-6)21-29(28)38(4)18-17-37(2)3)20-31-34-15-14-27(35-31)33(41)23-10-12-25(13-11-23)39-16-8-9-26(22-39)42-5/h7,10-15,19,21,26H,1,8-9,16-18,20,22H2,2-6H3,(H,36,40)/t26-/m0/s1. The van der Waals surface area contributed by atoms with Crippen molar-refractivity contribution in [2.75, 3.05) is 76.7 Å². The number of ether oxygens (including phenoxy) is 2. The molecule has 1 fully saturated rings. The SMILES string of the molecule is C=CC(=O)Nc1cc(Cc2nccc(C(=O)c3ccc(N4CCC[C@H](OC)C4)cc3)n2)c(OC)cc1N(C)CCN(C)C. The number of likely N-dealkylation sites (N-methyl/N-ethyl adjacent to an activating group) is 2. The Morgan fingerprint density at radius 2 is 1.88 bits per heavy atom. The summed E-state index contributed by atoms with van der Waals surface area (Å²) in [6.45, 7) is 6.97. The van der Waals surface area contributed by atoms with Gasteiger partial charge in [-0.15, -0.1) is 0 Å². The Labute approximate surface area is 254 Å². The van der Waals surface area contributed by atoms with E-state index in [2.05, 4.69) is 36.6 Å². The maximum absolute atomic E-state index is 13.4. The van der Waals surface area contributed by atoms with Crippen molar-refractivity contribution in [3.05, 3.63) is 84.0 Å². The average Bonchev–Trinajstić information content (AvgIpc) is 3.03. The largest absolute Gasteiger partial charge is 0.496 e. The summed E-state index contributed by atoms with van der Waals surface area (Å²) in [6, 6.07) is 13.1. The summed E-state index contributed by atoms with van der Waals surface area (Å²) in [6.07, 6.45) is 5.50. The molecule has 1 amide bonds. The van der Waals surface area contributed by atoms with Gasteiger partial charge in [0.2, 0.25) is 11.7 Å². The predicted octanol–water partition coefficient (Wildman–Crippen LogP) is 4.04. The van der Waals surface area contributed by atoms with Gasteiger partial charge in [-0.25, -0.2) is 9.97 Å². The molecule has 1 N–H and O–H groups in total. The number of carbonyl (C=O) groups excluding carboxylic acids is 2. The van der Waals surface area contributed by atoms with Crippen molar-refractivity contribution in [3.8, 4) is 5.75 Å². The fraction of sp³-hybridized carbons (Fsp3) is 0.394. The Balaban J connectivity index is 1.56. The molecular formula is C33H42N6O4. The van der Waals surface area contributed by atoms with Gasteiger partial charge in [0.15, 0.2) is 0 Å². The summed E-state index contributed by atoms with van der Waals surface area (Å²) in [4.78, 5) is 41.1. The second-order valence-corrected chi connectivity index (χ2v) is 11.0. The highest BCUT2D eigenvalue weighted by Crippen LogP contribution is 2.34. The summed E-state index contributed by atoms with van der Waals surface area (Å²) in [5.74, 6) is 0.612. The Morgan fingerprint density at radius 3 is 2.56 bits per heavy atom. The molecule has 1 aliphatic heterocycles. The van der Waals surface area contributed by atoms with E-state index < -0.39 is 0 Å². The van der Waals surface area contributed by atoms with E-state index in [4.69, 9.17) is 9.47 Å². The van der Waals surface area contributed by atoms with E-state index in [0.29, 0.717) is 34.9 Å². The highest BCUT2D eigenvalue weighted by Gasteiger charge is 2.21. The zero-order chi connectivity index (χ0) is 30.9. The quantitative estimate of drug-likeness (QED) is 0.235. The van der Waals surface area contributed by atoms with E-state index in [1.807, 2.05) is 57.5 Å². The number of rotatable bonds is 13. The van der Waals surface area contributed by atoms with Crippen LogP contribution in [-0.2, 0) is 16.0 Å². The second kappa shape index (κ2) is 14.8. The molecule has 0 spiro atoms. The van der Waals surface area contributed by atoms with Crippen molar-refractivity contribution in [2.24, 2.45) is 0 Å². The van der Waals surface area contributed by atoms with Gasteiger partial charge < -0.3 is 29.5 Å². The molecule has 0 unspecified atom stereocenters. The Bertz CT molecular complexity index is 1430. The zero-order valence-electron chi connectivity index (χ0n) is 25.8. The minimum Gasteiger partial charge on any atom is -0.496 e. The number of nitrogens with zero attached hydrogens (tertiary/aromatic N) is 5. The number of anilines is 3. The molecule has 1 aromatic heterocycles. The van der Waals surface area contributed by atoms with Crippen molar-refractivity contribution < 1.29 is 19.1 Å². The molecule has 228 valence electrons. The predicted molar refractivity (Wildman–Crippen MR) is 171 cm³/mol. The van der Waals surface area contributed by atoms with Crippen LogP contribution in [0.25, 0.3) is 0 Å². The van der Waals surface area contributed by atoms with Crippen molar-refractivity contribution in [3.63, 3.8) is 0 Å². The van der Waals surface area contributed by atoms with Crippen molar-refractivity contribution in [2.45, 2.75) is 25.4 Å². The third kappa shape index (κ3) is 8.18. The lowest BCUT2D eigenvalue weighted by molar-refractivity contribution is -0.111. The van der Waals surface area contributed by atoms with Crippen LogP contribution < -0.4 is 19.9 Å². The lowest BCUT2D eigenvalue weighted by atomic mass is 10.0. The molecule has 1 saturated heterocycles. The lowest BCUT2D eigenvalue weighted by Crippen LogP contribution is -2.39. The van der Waals surface area contributed by atoms with Gasteiger partial charge in [0.1, 0.15) is 17.3 Å². The number of nitrogens with one attached hydrogen (secondary N) is 1. The molecule has 10 nitrogen and oxygen atoms in total. The lowest BCUT2D eigenvalue weighted by Gasteiger charge is -2.33. The molecule has 3 aromatic rings. The van der Waals surface area contributed by atoms with Crippen molar-refractivity contribution in [1.29, 1.82) is 0 Å². The van der Waals surface area contributed by atoms with Crippen molar-refractivity contribution >= 4 is 28.8 Å². The molecule has 0 radical (unpaired) electrons. The first kappa shape index (κ1) is 31.7. The van der Waals surface area contributed by atoms with Crippen LogP contribution in [0.15, 0.2) is 61.3 Å². The van der Waals surface area contributed by atoms with Crippen molar-refractivity contribution in [1.82, 2.24) is 14.9 Å². The summed E-state index contributed by atoms with van der Waals surface area (Å²) in [7, 11) is 9.35. The number of carbonyl (C=O) groups is 2. The summed E-state index contributed by atoms with van der Waals surface area (Å²) in [5.41, 5.74) is 4.16. The Morgan fingerprint density at radius 1 is 1.12 bits per heavy atom. The number of ketones is 1. The topological polar surface area (TPSA) is 100 Å². The van der Waals surface area contributed by atoms with Gasteiger partial charge in [0, 0.05) is 75.8 Å². The summed E-state index contributed by atoms with van der Waals surface area (Å²) < 4.78 is 11.3. The normalized spacial score (nSPS) is 14.8. The number of benzene rings is 2. The van der Waals surface area contributed by atoms with Crippen LogP contribution in [0.2, 0.25) is 0 Å². The maximum Gasteiger partial charge on any atom is 0.247 e. The molecule has 1 aliphatic rings. The van der Waals surface area contributed by atoms with E-state index in [1.54, 1.807) is 26.5 Å². The van der Waals surface area contributed by atoms with Gasteiger partial charge in [-0.3, -0.25) is 9.59 Å². The molecule has 2 heterocycles. The number of amides is 1. The van der Waals surface area contributed by atoms with E-state index in [1.165, 1.54) is 6.08 Å². The van der Waals surface area contributed by atoms with Crippen LogP contribution in [0.4, 0.5) is 17.1 Å². The van der Waals surface area contributed by atoms with E-state index >= 15 is 0 Å². The molecule has 1 atom stereocenters. The van der Waals surface area contributed by atoms with Gasteiger partial charge >= 0.3 is 0 Å². The first-order valence-electron chi connectivity index (χ1n) is 14.5. The first-order valence-corrected chi connectivity index (χ1v) is 14.5. The molecule has 10 heteroatoms. The smallest absolute Gasteiger partial charge is 0.247 e. The molecular weight excluding hydrogens is 544 g/mol. The number of piperidine rings is 1. The van der Waals surface area contributed by atoms with Crippen LogP contribution in [0.5, 0.6) is 5.75 Å². The van der Waals surface area contributed by atoms with Crippen LogP contribution in [-0.4, -0.2) is 94.2 Å². The van der Waals surface area contributed by atoms with E-state index in [-0.39, 0.29) is 17.8 Å². The number of aromatic nitrogens is 2. The molecule has 4 rings (SSSR count). The first-order chi connectivity index (χ1) is 20.7. The monoisotopic (exact) mass is 586 g/mol. The van der Waals surface area contributed by atoms with Gasteiger partial charge in [-0.1, -0.05) is 6.58 Å². The summed E-state index contributed by atoms with van der Waals surface area (Å²) >= 11 is 0. The van der Waals surface area contributed by atoms with Crippen LogP contribution in [0.1, 0.15) is 40.3 Å². The zero-order valence-corrected chi connectivity index (χ0v) is 25.8. The fourth-order valence-corrected chi connectivity index (χ4v) is 5.13. The minimum atomic E-state index is -0.313. The van der Waals surface area contributed by atoms with Gasteiger partial charge in [-0.05, 0) is 69.4 Å². The molecule has 0 bridgehead atoms. The molecule has 43 heavy (non-hydrogen) atoms. The highest BCUT2D eigenvalue weighted by atomic mass is 16.5. The number of hydrogen-bond donors (Lipinski definition) is 1. The molecule has 2 aromatic carbocycles. The molecule has 0 aliphatic carbocycles. The third-order valence-electron chi connectivity index (χ3n) is 7.63. The Hall–Kier alpha value is -4.28. The van der Waals surface area contributed by atoms with Crippen LogP contribution in [0, 0.1) is 0 Å².